The molecule has 0 spiro atoms. The molecule has 3 rings (SSSR count). The molecule has 5 nitrogen and oxygen atoms in total. The van der Waals surface area contributed by atoms with Crippen molar-refractivity contribution in [3.63, 3.8) is 0 Å². The Hall–Kier alpha value is -1.59. The maximum Gasteiger partial charge on any atom is 0.411 e. The van der Waals surface area contributed by atoms with E-state index in [0.717, 1.165) is 4.90 Å². The first-order valence-electron chi connectivity index (χ1n) is 4.91. The zero-order valence-electron chi connectivity index (χ0n) is 8.61. The predicted octanol–water partition coefficient (Wildman–Crippen LogP) is 0.950. The topological polar surface area (TPSA) is 66.8 Å². The van der Waals surface area contributed by atoms with E-state index < -0.39 is 23.3 Å². The Balaban J connectivity index is 2.13. The Morgan fingerprint density at radius 1 is 1.56 bits per heavy atom. The summed E-state index contributed by atoms with van der Waals surface area (Å²) in [7, 11) is 0. The van der Waals surface area contributed by atoms with Crippen LogP contribution in [0.1, 0.15) is 12.8 Å². The molecule has 16 heavy (non-hydrogen) atoms. The third-order valence-corrected chi connectivity index (χ3v) is 3.12. The molecule has 0 atom stereocenters. The lowest BCUT2D eigenvalue weighted by molar-refractivity contribution is -0.154. The second-order valence-corrected chi connectivity index (χ2v) is 4.29. The fraction of sp³-hybridized carbons (Fsp3) is 0.600. The highest BCUT2D eigenvalue weighted by Gasteiger charge is 2.72. The summed E-state index contributed by atoms with van der Waals surface area (Å²) >= 11 is 0. The lowest BCUT2D eigenvalue weighted by Gasteiger charge is -2.39. The first-order chi connectivity index (χ1) is 7.43. The van der Waals surface area contributed by atoms with E-state index in [1.165, 1.54) is 6.08 Å². The number of hydrogen-bond donors (Lipinski definition) is 1. The van der Waals surface area contributed by atoms with Gasteiger partial charge in [0.25, 0.3) is 0 Å². The maximum atomic E-state index is 13.7. The number of amides is 1. The van der Waals surface area contributed by atoms with Crippen molar-refractivity contribution in [3.05, 3.63) is 12.7 Å². The summed E-state index contributed by atoms with van der Waals surface area (Å²) in [6, 6.07) is 0. The molecule has 2 bridgehead atoms. The van der Waals surface area contributed by atoms with Gasteiger partial charge in [0.05, 0.1) is 6.54 Å². The van der Waals surface area contributed by atoms with Gasteiger partial charge in [-0.05, 0) is 0 Å². The van der Waals surface area contributed by atoms with Gasteiger partial charge in [-0.1, -0.05) is 12.7 Å². The van der Waals surface area contributed by atoms with E-state index in [0.29, 0.717) is 0 Å². The van der Waals surface area contributed by atoms with Gasteiger partial charge < -0.3 is 9.84 Å². The van der Waals surface area contributed by atoms with Crippen LogP contribution in [0.15, 0.2) is 12.7 Å². The summed E-state index contributed by atoms with van der Waals surface area (Å²) in [5, 5.41) is 9.03. The Kier molecular flexibility index (Phi) is 2.18. The van der Waals surface area contributed by atoms with Crippen molar-refractivity contribution >= 4 is 12.1 Å². The Bertz CT molecular complexity index is 362. The molecule has 0 radical (unpaired) electrons. The monoisotopic (exact) mass is 229 g/mol. The normalized spacial score (nSPS) is 35.4. The Morgan fingerprint density at radius 2 is 2.19 bits per heavy atom. The van der Waals surface area contributed by atoms with Crippen molar-refractivity contribution in [2.75, 3.05) is 13.2 Å². The van der Waals surface area contributed by atoms with E-state index in [1.807, 2.05) is 0 Å². The number of hydrogen-bond acceptors (Lipinski definition) is 3. The predicted molar refractivity (Wildman–Crippen MR) is 51.7 cm³/mol. The molecule has 0 aromatic rings. The lowest BCUT2D eigenvalue weighted by Crippen LogP contribution is -2.57. The van der Waals surface area contributed by atoms with E-state index in [9.17, 15) is 14.0 Å². The Morgan fingerprint density at radius 3 is 2.69 bits per heavy atom. The first-order valence-corrected chi connectivity index (χ1v) is 4.91. The lowest BCUT2D eigenvalue weighted by atomic mass is 9.71. The second kappa shape index (κ2) is 3.20. The summed E-state index contributed by atoms with van der Waals surface area (Å²) in [5.74, 6) is -1.17. The van der Waals surface area contributed by atoms with Crippen molar-refractivity contribution in [1.82, 2.24) is 4.90 Å². The highest BCUT2D eigenvalue weighted by atomic mass is 19.1. The number of halogens is 1. The third-order valence-electron chi connectivity index (χ3n) is 3.12. The number of carboxylic acid groups (broad SMARTS) is 1. The fourth-order valence-electron chi connectivity index (χ4n) is 2.45. The fourth-order valence-corrected chi connectivity index (χ4v) is 2.45. The van der Waals surface area contributed by atoms with Gasteiger partial charge in [-0.25, -0.2) is 14.0 Å². The van der Waals surface area contributed by atoms with Crippen LogP contribution in [-0.4, -0.2) is 46.4 Å². The number of nitrogens with zero attached hydrogens (tertiary/aromatic N) is 1. The van der Waals surface area contributed by atoms with Crippen LogP contribution in [0.25, 0.3) is 0 Å². The molecule has 3 aliphatic rings. The number of fused-ring (bicyclic) bond motifs is 1. The number of carbonyl (C=O) groups is 2. The molecule has 6 heteroatoms. The molecule has 0 aromatic heterocycles. The minimum atomic E-state index is -1.55. The molecular formula is C10H12FNO4. The number of carbonyl (C=O) groups excluding carboxylic acids is 1. The van der Waals surface area contributed by atoms with Gasteiger partial charge in [0.2, 0.25) is 0 Å². The van der Waals surface area contributed by atoms with Crippen LogP contribution in [0.5, 0.6) is 0 Å². The van der Waals surface area contributed by atoms with E-state index in [4.69, 9.17) is 9.84 Å². The average Bonchev–Trinajstić information content (AvgIpc) is 2.63. The number of ether oxygens (including phenoxy) is 1. The van der Waals surface area contributed by atoms with Gasteiger partial charge in [0, 0.05) is 12.8 Å². The number of rotatable bonds is 3. The van der Waals surface area contributed by atoms with Crippen molar-refractivity contribution in [1.29, 1.82) is 0 Å². The molecular weight excluding hydrogens is 217 g/mol. The zero-order valence-corrected chi connectivity index (χ0v) is 8.61. The summed E-state index contributed by atoms with van der Waals surface area (Å²) < 4.78 is 18.4. The van der Waals surface area contributed by atoms with Gasteiger partial charge in [-0.3, -0.25) is 4.90 Å². The molecule has 1 N–H and O–H groups in total. The summed E-state index contributed by atoms with van der Waals surface area (Å²) in [6.45, 7) is 3.16. The number of alkyl halides is 1. The molecule has 88 valence electrons. The highest BCUT2D eigenvalue weighted by molar-refractivity contribution is 5.88. The molecule has 2 aliphatic heterocycles. The van der Waals surface area contributed by atoms with Gasteiger partial charge >= 0.3 is 12.1 Å². The largest absolute Gasteiger partial charge is 0.479 e. The van der Waals surface area contributed by atoms with E-state index in [2.05, 4.69) is 6.58 Å². The highest BCUT2D eigenvalue weighted by Crippen LogP contribution is 2.56. The molecule has 3 fully saturated rings. The standard InChI is InChI=1S/C10H12FNO4/c1-2-3-16-8(15)12-6-9(11)4-10(12,5-9)7(13)14/h2H,1,3-6H2,(H,13,14). The quantitative estimate of drug-likeness (QED) is 0.731. The van der Waals surface area contributed by atoms with E-state index in [-0.39, 0.29) is 26.0 Å². The van der Waals surface area contributed by atoms with Crippen molar-refractivity contribution in [2.24, 2.45) is 0 Å². The Labute approximate surface area is 91.5 Å². The van der Waals surface area contributed by atoms with Crippen molar-refractivity contribution in [3.8, 4) is 0 Å². The average molecular weight is 229 g/mol. The molecule has 0 aromatic carbocycles. The number of aliphatic carboxylic acids is 1. The molecule has 2 saturated heterocycles. The van der Waals surface area contributed by atoms with Crippen LogP contribution in [0.2, 0.25) is 0 Å². The minimum Gasteiger partial charge on any atom is -0.479 e. The smallest absolute Gasteiger partial charge is 0.411 e. The summed E-state index contributed by atoms with van der Waals surface area (Å²) in [6.07, 6.45) is 0.299. The van der Waals surface area contributed by atoms with E-state index >= 15 is 0 Å². The van der Waals surface area contributed by atoms with Crippen molar-refractivity contribution in [2.45, 2.75) is 24.0 Å². The van der Waals surface area contributed by atoms with Gasteiger partial charge in [0.15, 0.2) is 0 Å². The van der Waals surface area contributed by atoms with Crippen LogP contribution < -0.4 is 0 Å². The SMILES string of the molecule is C=CCOC(=O)N1CC2(F)CC1(C(=O)O)C2. The first kappa shape index (κ1) is 10.9. The van der Waals surface area contributed by atoms with Gasteiger partial charge in [-0.15, -0.1) is 0 Å². The summed E-state index contributed by atoms with van der Waals surface area (Å²) in [5.41, 5.74) is -2.95. The van der Waals surface area contributed by atoms with E-state index in [1.54, 1.807) is 0 Å². The zero-order chi connectivity index (χ0) is 12.0. The second-order valence-electron chi connectivity index (χ2n) is 4.29. The molecule has 1 amide bonds. The molecule has 1 saturated carbocycles. The molecule has 1 aliphatic carbocycles. The summed E-state index contributed by atoms with van der Waals surface area (Å²) in [4.78, 5) is 23.5. The molecule has 0 unspecified atom stereocenters. The van der Waals surface area contributed by atoms with Crippen LogP contribution in [0.3, 0.4) is 0 Å². The van der Waals surface area contributed by atoms with Crippen LogP contribution in [0.4, 0.5) is 9.18 Å². The maximum absolute atomic E-state index is 13.7. The van der Waals surface area contributed by atoms with Crippen molar-refractivity contribution < 1.29 is 23.8 Å². The molecule has 2 heterocycles. The van der Waals surface area contributed by atoms with Crippen LogP contribution in [0, 0.1) is 0 Å². The van der Waals surface area contributed by atoms with Gasteiger partial charge in [-0.2, -0.15) is 0 Å². The number of carboxylic acids is 1. The minimum absolute atomic E-state index is 0.00961. The van der Waals surface area contributed by atoms with Crippen LogP contribution in [-0.2, 0) is 9.53 Å². The third kappa shape index (κ3) is 1.29. The van der Waals surface area contributed by atoms with Crippen LogP contribution >= 0.6 is 0 Å². The van der Waals surface area contributed by atoms with Gasteiger partial charge in [0.1, 0.15) is 17.8 Å².